The summed E-state index contributed by atoms with van der Waals surface area (Å²) in [5.74, 6) is 0. The molecule has 0 saturated heterocycles. The minimum Gasteiger partial charge on any atom is -0.445 e. The van der Waals surface area contributed by atoms with E-state index in [0.717, 1.165) is 5.56 Å². The number of alkyl carbamates (subject to hydrolysis) is 1. The van der Waals surface area contributed by atoms with Crippen LogP contribution in [0, 0.1) is 0 Å². The first-order valence-electron chi connectivity index (χ1n) is 7.71. The summed E-state index contributed by atoms with van der Waals surface area (Å²) < 4.78 is 5.75. The van der Waals surface area contributed by atoms with Gasteiger partial charge in [0.25, 0.3) is 0 Å². The van der Waals surface area contributed by atoms with Crippen LogP contribution in [0.15, 0.2) is 53.0 Å². The van der Waals surface area contributed by atoms with Crippen LogP contribution in [-0.4, -0.2) is 34.1 Å². The maximum atomic E-state index is 11.7. The summed E-state index contributed by atoms with van der Waals surface area (Å²) in [6.45, 7) is -0.238. The molecule has 2 aromatic rings. The number of hydrogen-bond acceptors (Lipinski definition) is 5. The number of carbonyl (C=O) groups is 1. The van der Waals surface area contributed by atoms with Crippen LogP contribution in [0.3, 0.4) is 0 Å². The topological polar surface area (TPSA) is 99.0 Å². The number of carbonyl (C=O) groups excluding carboxylic acids is 1. The number of nitrogens with one attached hydrogen (secondary N) is 1. The Morgan fingerprint density at radius 3 is 2.56 bits per heavy atom. The van der Waals surface area contributed by atoms with Gasteiger partial charge in [-0.3, -0.25) is 0 Å². The Balaban J connectivity index is 1.82. The lowest BCUT2D eigenvalue weighted by Gasteiger charge is -2.19. The Hall–Kier alpha value is -1.93. The first-order chi connectivity index (χ1) is 12.0. The van der Waals surface area contributed by atoms with Crippen LogP contribution < -0.4 is 5.32 Å². The second kappa shape index (κ2) is 9.53. The van der Waals surface area contributed by atoms with E-state index >= 15 is 0 Å². The number of aliphatic hydroxyl groups is 3. The van der Waals surface area contributed by atoms with E-state index in [1.807, 2.05) is 30.3 Å². The van der Waals surface area contributed by atoms with Crippen LogP contribution in [0.25, 0.3) is 0 Å². The first kappa shape index (κ1) is 19.4. The van der Waals surface area contributed by atoms with Crippen molar-refractivity contribution < 1.29 is 24.9 Å². The van der Waals surface area contributed by atoms with Crippen molar-refractivity contribution in [1.29, 1.82) is 0 Å². The van der Waals surface area contributed by atoms with Crippen LogP contribution in [0.2, 0.25) is 0 Å². The quantitative estimate of drug-likeness (QED) is 0.562. The number of halogens is 1. The summed E-state index contributed by atoms with van der Waals surface area (Å²) >= 11 is 3.29. The Morgan fingerprint density at radius 2 is 1.88 bits per heavy atom. The van der Waals surface area contributed by atoms with Crippen molar-refractivity contribution in [2.45, 2.75) is 25.4 Å². The molecule has 0 fully saturated rings. The lowest BCUT2D eigenvalue weighted by Crippen LogP contribution is -2.35. The smallest absolute Gasteiger partial charge is 0.407 e. The van der Waals surface area contributed by atoms with Crippen molar-refractivity contribution in [2.24, 2.45) is 0 Å². The van der Waals surface area contributed by atoms with Crippen molar-refractivity contribution in [2.75, 3.05) is 6.54 Å². The number of aliphatic hydroxyl groups excluding tert-OH is 3. The fourth-order valence-corrected chi connectivity index (χ4v) is 2.57. The van der Waals surface area contributed by atoms with Crippen molar-refractivity contribution in [3.8, 4) is 0 Å². The molecular weight excluding hydrogens is 390 g/mol. The lowest BCUT2D eigenvalue weighted by molar-refractivity contribution is 0.0183. The van der Waals surface area contributed by atoms with E-state index < -0.39 is 18.3 Å². The second-order valence-electron chi connectivity index (χ2n) is 5.46. The number of rotatable bonds is 7. The SMILES string of the molecule is O=C(NCC(O)C(O)c1ccc(Br)c(CO)c1)OCc1ccccc1. The highest BCUT2D eigenvalue weighted by molar-refractivity contribution is 9.10. The molecule has 0 radical (unpaired) electrons. The zero-order valence-electron chi connectivity index (χ0n) is 13.4. The van der Waals surface area contributed by atoms with Gasteiger partial charge in [0, 0.05) is 11.0 Å². The average molecular weight is 410 g/mol. The van der Waals surface area contributed by atoms with Gasteiger partial charge in [0.2, 0.25) is 0 Å². The Bertz CT molecular complexity index is 695. The van der Waals surface area contributed by atoms with Gasteiger partial charge in [-0.25, -0.2) is 4.79 Å². The monoisotopic (exact) mass is 409 g/mol. The van der Waals surface area contributed by atoms with Crippen LogP contribution in [0.5, 0.6) is 0 Å². The molecule has 0 aliphatic heterocycles. The predicted molar refractivity (Wildman–Crippen MR) is 95.7 cm³/mol. The van der Waals surface area contributed by atoms with E-state index in [-0.39, 0.29) is 19.8 Å². The zero-order valence-corrected chi connectivity index (χ0v) is 15.0. The molecule has 0 aliphatic carbocycles. The summed E-state index contributed by atoms with van der Waals surface area (Å²) in [7, 11) is 0. The van der Waals surface area contributed by atoms with Gasteiger partial charge in [0.1, 0.15) is 18.8 Å². The molecule has 2 unspecified atom stereocenters. The maximum absolute atomic E-state index is 11.7. The predicted octanol–water partition coefficient (Wildman–Crippen LogP) is 2.26. The average Bonchev–Trinajstić information content (AvgIpc) is 2.65. The molecule has 0 heterocycles. The third-order valence-electron chi connectivity index (χ3n) is 3.61. The highest BCUT2D eigenvalue weighted by Crippen LogP contribution is 2.23. The number of benzene rings is 2. The van der Waals surface area contributed by atoms with Crippen molar-refractivity contribution in [3.05, 3.63) is 69.7 Å². The summed E-state index contributed by atoms with van der Waals surface area (Å²) in [5, 5.41) is 31.9. The maximum Gasteiger partial charge on any atom is 0.407 e. The van der Waals surface area contributed by atoms with Crippen molar-refractivity contribution in [3.63, 3.8) is 0 Å². The van der Waals surface area contributed by atoms with Gasteiger partial charge >= 0.3 is 6.09 Å². The Kier molecular flexibility index (Phi) is 7.39. The Labute approximate surface area is 154 Å². The fraction of sp³-hybridized carbons (Fsp3) is 0.278. The molecule has 7 heteroatoms. The molecule has 0 saturated carbocycles. The molecule has 0 spiro atoms. The van der Waals surface area contributed by atoms with Gasteiger partial charge in [-0.05, 0) is 28.8 Å². The van der Waals surface area contributed by atoms with Gasteiger partial charge in [-0.2, -0.15) is 0 Å². The van der Waals surface area contributed by atoms with Gasteiger partial charge in [-0.1, -0.05) is 52.3 Å². The largest absolute Gasteiger partial charge is 0.445 e. The minimum atomic E-state index is -1.21. The van der Waals surface area contributed by atoms with Gasteiger partial charge in [0.15, 0.2) is 0 Å². The van der Waals surface area contributed by atoms with Gasteiger partial charge < -0.3 is 25.4 Å². The zero-order chi connectivity index (χ0) is 18.2. The van der Waals surface area contributed by atoms with Crippen LogP contribution in [0.1, 0.15) is 22.8 Å². The van der Waals surface area contributed by atoms with E-state index in [4.69, 9.17) is 4.74 Å². The molecule has 0 bridgehead atoms. The molecule has 134 valence electrons. The minimum absolute atomic E-state index is 0.123. The highest BCUT2D eigenvalue weighted by atomic mass is 79.9. The van der Waals surface area contributed by atoms with E-state index in [1.165, 1.54) is 0 Å². The van der Waals surface area contributed by atoms with E-state index in [0.29, 0.717) is 15.6 Å². The molecule has 25 heavy (non-hydrogen) atoms. The third-order valence-corrected chi connectivity index (χ3v) is 4.39. The van der Waals surface area contributed by atoms with Crippen LogP contribution in [-0.2, 0) is 18.0 Å². The highest BCUT2D eigenvalue weighted by Gasteiger charge is 2.20. The molecule has 0 aromatic heterocycles. The molecule has 1 amide bonds. The first-order valence-corrected chi connectivity index (χ1v) is 8.50. The van der Waals surface area contributed by atoms with Gasteiger partial charge in [-0.15, -0.1) is 0 Å². The lowest BCUT2D eigenvalue weighted by atomic mass is 10.0. The number of hydrogen-bond donors (Lipinski definition) is 4. The van der Waals surface area contributed by atoms with Crippen molar-refractivity contribution >= 4 is 22.0 Å². The molecule has 4 N–H and O–H groups in total. The van der Waals surface area contributed by atoms with E-state index in [9.17, 15) is 20.1 Å². The number of amides is 1. The summed E-state index contributed by atoms with van der Waals surface area (Å²) in [4.78, 5) is 11.7. The molecule has 0 aliphatic rings. The molecular formula is C18H20BrNO5. The molecule has 6 nitrogen and oxygen atoms in total. The van der Waals surface area contributed by atoms with Crippen LogP contribution >= 0.6 is 15.9 Å². The summed E-state index contributed by atoms with van der Waals surface area (Å²) in [6, 6.07) is 14.1. The molecule has 2 aromatic carbocycles. The summed E-state index contributed by atoms with van der Waals surface area (Å²) in [6.07, 6.45) is -3.09. The van der Waals surface area contributed by atoms with E-state index in [1.54, 1.807) is 18.2 Å². The van der Waals surface area contributed by atoms with Gasteiger partial charge in [0.05, 0.1) is 6.61 Å². The Morgan fingerprint density at radius 1 is 1.16 bits per heavy atom. The van der Waals surface area contributed by atoms with Crippen LogP contribution in [0.4, 0.5) is 4.79 Å². The second-order valence-corrected chi connectivity index (χ2v) is 6.32. The fourth-order valence-electron chi connectivity index (χ4n) is 2.20. The number of ether oxygens (including phenoxy) is 1. The summed E-state index contributed by atoms with van der Waals surface area (Å²) in [5.41, 5.74) is 1.89. The van der Waals surface area contributed by atoms with Crippen molar-refractivity contribution in [1.82, 2.24) is 5.32 Å². The standard InChI is InChI=1S/C18H20BrNO5/c19-15-7-6-13(8-14(15)10-21)17(23)16(22)9-20-18(24)25-11-12-4-2-1-3-5-12/h1-8,16-17,21-23H,9-11H2,(H,20,24). The van der Waals surface area contributed by atoms with E-state index in [2.05, 4.69) is 21.2 Å². The normalized spacial score (nSPS) is 13.1. The third kappa shape index (κ3) is 5.82. The molecule has 2 atom stereocenters. The molecule has 2 rings (SSSR count).